The van der Waals surface area contributed by atoms with Crippen LogP contribution >= 0.6 is 11.3 Å². The molecule has 5 rings (SSSR count). The van der Waals surface area contributed by atoms with Gasteiger partial charge in [-0.1, -0.05) is 48.5 Å². The molecule has 0 bridgehead atoms. The molecule has 1 amide bonds. The molecule has 5 aromatic rings. The van der Waals surface area contributed by atoms with Crippen molar-refractivity contribution in [3.63, 3.8) is 0 Å². The van der Waals surface area contributed by atoms with Gasteiger partial charge in [0.15, 0.2) is 0 Å². The van der Waals surface area contributed by atoms with E-state index < -0.39 is 0 Å². The van der Waals surface area contributed by atoms with Crippen molar-refractivity contribution in [1.29, 1.82) is 0 Å². The summed E-state index contributed by atoms with van der Waals surface area (Å²) in [6, 6.07) is 24.8. The lowest BCUT2D eigenvalue weighted by atomic mass is 10.0. The topological polar surface area (TPSA) is 59.8 Å². The maximum atomic E-state index is 13.6. The van der Waals surface area contributed by atoms with Gasteiger partial charge in [0, 0.05) is 17.5 Å². The predicted octanol–water partition coefficient (Wildman–Crippen LogP) is 7.09. The number of rotatable bonds is 7. The maximum absolute atomic E-state index is 13.6. The Kier molecular flexibility index (Phi) is 7.20. The molecule has 0 atom stereocenters. The fraction of sp³-hybridized carbons (Fsp3) is 0.194. The summed E-state index contributed by atoms with van der Waals surface area (Å²) in [6.45, 7) is 6.67. The molecule has 2 heterocycles. The van der Waals surface area contributed by atoms with Crippen molar-refractivity contribution in [2.75, 3.05) is 0 Å². The summed E-state index contributed by atoms with van der Waals surface area (Å²) in [4.78, 5) is 17.5. The smallest absolute Gasteiger partial charge is 0.226 e. The van der Waals surface area contributed by atoms with Crippen LogP contribution in [-0.4, -0.2) is 20.7 Å². The van der Waals surface area contributed by atoms with E-state index in [0.717, 1.165) is 38.5 Å². The second-order valence-electron chi connectivity index (χ2n) is 10.2. The van der Waals surface area contributed by atoms with Crippen LogP contribution in [-0.2, 0) is 23.3 Å². The molecule has 192 valence electrons. The summed E-state index contributed by atoms with van der Waals surface area (Å²) in [7, 11) is 0. The van der Waals surface area contributed by atoms with Gasteiger partial charge in [0.2, 0.25) is 5.91 Å². The molecule has 5 nitrogen and oxygen atoms in total. The Labute approximate surface area is 226 Å². The van der Waals surface area contributed by atoms with E-state index in [1.54, 1.807) is 18.3 Å². The summed E-state index contributed by atoms with van der Waals surface area (Å²) >= 11 is 1.48. The number of halogens is 1. The van der Waals surface area contributed by atoms with Crippen molar-refractivity contribution in [3.05, 3.63) is 108 Å². The summed E-state index contributed by atoms with van der Waals surface area (Å²) in [6.07, 6.45) is 1.99. The Bertz CT molecular complexity index is 1550. The third kappa shape index (κ3) is 5.73. The molecular formula is C31H29FN4OS. The van der Waals surface area contributed by atoms with Crippen LogP contribution in [0, 0.1) is 5.82 Å². The van der Waals surface area contributed by atoms with E-state index in [1.165, 1.54) is 23.5 Å². The van der Waals surface area contributed by atoms with Crippen LogP contribution in [0.4, 0.5) is 4.39 Å². The van der Waals surface area contributed by atoms with Gasteiger partial charge in [-0.25, -0.2) is 9.37 Å². The average Bonchev–Trinajstić information content (AvgIpc) is 3.56. The second-order valence-corrected chi connectivity index (χ2v) is 11.0. The van der Waals surface area contributed by atoms with E-state index in [-0.39, 0.29) is 23.7 Å². The zero-order valence-electron chi connectivity index (χ0n) is 21.6. The van der Waals surface area contributed by atoms with Gasteiger partial charge in [0.25, 0.3) is 0 Å². The number of amides is 1. The normalized spacial score (nSPS) is 11.5. The van der Waals surface area contributed by atoms with Crippen LogP contribution in [0.1, 0.15) is 32.0 Å². The lowest BCUT2D eigenvalue weighted by molar-refractivity contribution is -0.120. The van der Waals surface area contributed by atoms with Crippen LogP contribution in [0.3, 0.4) is 0 Å². The molecule has 1 N–H and O–H groups in total. The minimum Gasteiger partial charge on any atom is -0.352 e. The van der Waals surface area contributed by atoms with E-state index in [1.807, 2.05) is 40.4 Å². The summed E-state index contributed by atoms with van der Waals surface area (Å²) in [5.74, 6) is -0.373. The standard InChI is InChI=1S/C31H29FN4OS/c1-31(2,3)36-29(23-12-14-25(32)15-13-23)27(19-34-36)30-35-26(20-38-30)17-28(37)33-18-21-8-7-11-24(16-21)22-9-5-4-6-10-22/h4-16,19-20H,17-18H2,1-3H3,(H,33,37). The number of benzene rings is 3. The van der Waals surface area contributed by atoms with Gasteiger partial charge in [0.05, 0.1) is 35.1 Å². The molecule has 3 aromatic carbocycles. The average molecular weight is 525 g/mol. The molecular weight excluding hydrogens is 495 g/mol. The zero-order chi connectivity index (χ0) is 26.7. The second kappa shape index (κ2) is 10.7. The van der Waals surface area contributed by atoms with Crippen LogP contribution in [0.25, 0.3) is 33.0 Å². The highest BCUT2D eigenvalue weighted by Crippen LogP contribution is 2.36. The first-order chi connectivity index (χ1) is 18.3. The number of carbonyl (C=O) groups is 1. The predicted molar refractivity (Wildman–Crippen MR) is 151 cm³/mol. The zero-order valence-corrected chi connectivity index (χ0v) is 22.4. The lowest BCUT2D eigenvalue weighted by Gasteiger charge is -2.23. The van der Waals surface area contributed by atoms with Gasteiger partial charge in [-0.05, 0) is 67.8 Å². The Hall–Kier alpha value is -4.10. The lowest BCUT2D eigenvalue weighted by Crippen LogP contribution is -2.24. The summed E-state index contributed by atoms with van der Waals surface area (Å²) < 4.78 is 15.5. The number of nitrogens with one attached hydrogen (secondary N) is 1. The fourth-order valence-corrected chi connectivity index (χ4v) is 5.16. The maximum Gasteiger partial charge on any atom is 0.226 e. The van der Waals surface area contributed by atoms with Crippen LogP contribution in [0.2, 0.25) is 0 Å². The van der Waals surface area contributed by atoms with Gasteiger partial charge in [-0.2, -0.15) is 5.10 Å². The van der Waals surface area contributed by atoms with Crippen molar-refractivity contribution in [2.45, 2.75) is 39.3 Å². The minimum atomic E-state index is -0.286. The van der Waals surface area contributed by atoms with Crippen molar-refractivity contribution in [3.8, 4) is 33.0 Å². The number of aromatic nitrogens is 3. The van der Waals surface area contributed by atoms with Gasteiger partial charge in [0.1, 0.15) is 10.8 Å². The van der Waals surface area contributed by atoms with E-state index in [2.05, 4.69) is 55.5 Å². The molecule has 0 aliphatic heterocycles. The first kappa shape index (κ1) is 25.5. The molecule has 0 saturated carbocycles. The van der Waals surface area contributed by atoms with Crippen molar-refractivity contribution >= 4 is 17.2 Å². The molecule has 0 aliphatic carbocycles. The molecule has 0 aliphatic rings. The molecule has 2 aromatic heterocycles. The van der Waals surface area contributed by atoms with Crippen LogP contribution in [0.5, 0.6) is 0 Å². The molecule has 0 radical (unpaired) electrons. The first-order valence-electron chi connectivity index (χ1n) is 12.5. The number of thiazole rings is 1. The molecule has 0 fully saturated rings. The van der Waals surface area contributed by atoms with E-state index in [0.29, 0.717) is 12.2 Å². The third-order valence-electron chi connectivity index (χ3n) is 6.17. The highest BCUT2D eigenvalue weighted by molar-refractivity contribution is 7.13. The Balaban J connectivity index is 1.30. The highest BCUT2D eigenvalue weighted by Gasteiger charge is 2.24. The fourth-order valence-electron chi connectivity index (χ4n) is 4.33. The quantitative estimate of drug-likeness (QED) is 0.247. The number of hydrogen-bond acceptors (Lipinski definition) is 4. The van der Waals surface area contributed by atoms with Gasteiger partial charge >= 0.3 is 0 Å². The molecule has 0 unspecified atom stereocenters. The number of carbonyl (C=O) groups excluding carboxylic acids is 1. The highest BCUT2D eigenvalue weighted by atomic mass is 32.1. The van der Waals surface area contributed by atoms with E-state index in [9.17, 15) is 9.18 Å². The number of hydrogen-bond donors (Lipinski definition) is 1. The largest absolute Gasteiger partial charge is 0.352 e. The van der Waals surface area contributed by atoms with Crippen molar-refractivity contribution in [1.82, 2.24) is 20.1 Å². The van der Waals surface area contributed by atoms with Crippen LogP contribution in [0.15, 0.2) is 90.4 Å². The van der Waals surface area contributed by atoms with E-state index >= 15 is 0 Å². The minimum absolute atomic E-state index is 0.0869. The summed E-state index contributed by atoms with van der Waals surface area (Å²) in [5, 5.41) is 10.3. The summed E-state index contributed by atoms with van der Waals surface area (Å²) in [5.41, 5.74) is 6.33. The first-order valence-corrected chi connectivity index (χ1v) is 13.4. The Morgan fingerprint density at radius 3 is 2.42 bits per heavy atom. The van der Waals surface area contributed by atoms with E-state index in [4.69, 9.17) is 4.98 Å². The van der Waals surface area contributed by atoms with Gasteiger partial charge < -0.3 is 5.32 Å². The molecule has 7 heteroatoms. The van der Waals surface area contributed by atoms with Gasteiger partial charge in [-0.15, -0.1) is 11.3 Å². The Morgan fingerprint density at radius 2 is 1.68 bits per heavy atom. The number of nitrogens with zero attached hydrogens (tertiary/aromatic N) is 3. The van der Waals surface area contributed by atoms with Crippen molar-refractivity contribution in [2.24, 2.45) is 0 Å². The van der Waals surface area contributed by atoms with Crippen LogP contribution < -0.4 is 5.32 Å². The molecule has 38 heavy (non-hydrogen) atoms. The Morgan fingerprint density at radius 1 is 0.947 bits per heavy atom. The van der Waals surface area contributed by atoms with Gasteiger partial charge in [-0.3, -0.25) is 9.48 Å². The molecule has 0 saturated heterocycles. The molecule has 0 spiro atoms. The van der Waals surface area contributed by atoms with Crippen molar-refractivity contribution < 1.29 is 9.18 Å². The SMILES string of the molecule is CC(C)(C)n1ncc(-c2nc(CC(=O)NCc3cccc(-c4ccccc4)c3)cs2)c1-c1ccc(F)cc1. The monoisotopic (exact) mass is 524 g/mol. The third-order valence-corrected chi connectivity index (χ3v) is 7.09.